The Morgan fingerprint density at radius 1 is 1.47 bits per heavy atom. The lowest BCUT2D eigenvalue weighted by molar-refractivity contribution is -0.130. The van der Waals surface area contributed by atoms with Gasteiger partial charge in [-0.1, -0.05) is 6.92 Å². The van der Waals surface area contributed by atoms with Gasteiger partial charge in [0.15, 0.2) is 9.84 Å². The molecule has 0 aromatic carbocycles. The Balaban J connectivity index is 2.01. The van der Waals surface area contributed by atoms with Crippen molar-refractivity contribution in [3.63, 3.8) is 0 Å². The molecule has 0 aliphatic carbocycles. The van der Waals surface area contributed by atoms with E-state index in [1.807, 2.05) is 18.7 Å². The smallest absolute Gasteiger partial charge is 0.240 e. The number of hydrogen-bond acceptors (Lipinski definition) is 4. The Kier molecular flexibility index (Phi) is 3.45. The first-order valence-corrected chi connectivity index (χ1v) is 8.02. The Morgan fingerprint density at radius 3 is 2.71 bits per heavy atom. The van der Waals surface area contributed by atoms with Crippen LogP contribution in [0.25, 0.3) is 0 Å². The maximum Gasteiger partial charge on any atom is 0.240 e. The fourth-order valence-electron chi connectivity index (χ4n) is 2.70. The van der Waals surface area contributed by atoms with Crippen molar-refractivity contribution in [3.05, 3.63) is 0 Å². The summed E-state index contributed by atoms with van der Waals surface area (Å²) < 4.78 is 22.8. The van der Waals surface area contributed by atoms with Gasteiger partial charge in [0, 0.05) is 6.54 Å². The first-order valence-electron chi connectivity index (χ1n) is 6.20. The van der Waals surface area contributed by atoms with Gasteiger partial charge >= 0.3 is 0 Å². The van der Waals surface area contributed by atoms with E-state index >= 15 is 0 Å². The van der Waals surface area contributed by atoms with Crippen LogP contribution < -0.4 is 5.32 Å². The SMILES string of the molecule is CCC1NC(C)C(=O)N1CC1CCS(=O)(=O)C1. The summed E-state index contributed by atoms with van der Waals surface area (Å²) in [6.07, 6.45) is 1.62. The van der Waals surface area contributed by atoms with E-state index < -0.39 is 9.84 Å². The van der Waals surface area contributed by atoms with Crippen LogP contribution in [0.3, 0.4) is 0 Å². The first-order chi connectivity index (χ1) is 7.93. The Hall–Kier alpha value is -0.620. The minimum Gasteiger partial charge on any atom is -0.326 e. The second-order valence-corrected chi connectivity index (χ2v) is 7.30. The molecule has 0 bridgehead atoms. The van der Waals surface area contributed by atoms with E-state index in [1.54, 1.807) is 0 Å². The topological polar surface area (TPSA) is 66.5 Å². The summed E-state index contributed by atoms with van der Waals surface area (Å²) in [5.41, 5.74) is 0. The van der Waals surface area contributed by atoms with Crippen LogP contribution in [-0.2, 0) is 14.6 Å². The van der Waals surface area contributed by atoms with E-state index in [9.17, 15) is 13.2 Å². The molecule has 2 rings (SSSR count). The molecule has 2 heterocycles. The molecule has 5 nitrogen and oxygen atoms in total. The first kappa shape index (κ1) is 12.8. The van der Waals surface area contributed by atoms with Crippen LogP contribution in [0.2, 0.25) is 0 Å². The van der Waals surface area contributed by atoms with Crippen LogP contribution in [-0.4, -0.2) is 49.5 Å². The maximum absolute atomic E-state index is 11.9. The van der Waals surface area contributed by atoms with E-state index in [4.69, 9.17) is 0 Å². The van der Waals surface area contributed by atoms with Gasteiger partial charge in [-0.3, -0.25) is 10.1 Å². The van der Waals surface area contributed by atoms with E-state index in [0.717, 1.165) is 6.42 Å². The molecule has 98 valence electrons. The van der Waals surface area contributed by atoms with Crippen molar-refractivity contribution in [1.82, 2.24) is 10.2 Å². The molecule has 3 unspecified atom stereocenters. The van der Waals surface area contributed by atoms with Gasteiger partial charge in [-0.15, -0.1) is 0 Å². The lowest BCUT2D eigenvalue weighted by atomic mass is 10.1. The molecule has 0 radical (unpaired) electrons. The fourth-order valence-corrected chi connectivity index (χ4v) is 4.55. The molecule has 0 saturated carbocycles. The number of carbonyl (C=O) groups excluding carboxylic acids is 1. The van der Waals surface area contributed by atoms with Crippen molar-refractivity contribution >= 4 is 15.7 Å². The lowest BCUT2D eigenvalue weighted by Crippen LogP contribution is -2.40. The number of nitrogens with one attached hydrogen (secondary N) is 1. The number of carbonyl (C=O) groups is 1. The second-order valence-electron chi connectivity index (χ2n) is 5.07. The highest BCUT2D eigenvalue weighted by molar-refractivity contribution is 7.91. The summed E-state index contributed by atoms with van der Waals surface area (Å²) in [4.78, 5) is 13.8. The number of hydrogen-bond donors (Lipinski definition) is 1. The van der Waals surface area contributed by atoms with Crippen molar-refractivity contribution in [3.8, 4) is 0 Å². The molecule has 1 N–H and O–H groups in total. The number of sulfone groups is 1. The molecule has 3 atom stereocenters. The average Bonchev–Trinajstić information content (AvgIpc) is 2.73. The highest BCUT2D eigenvalue weighted by Crippen LogP contribution is 2.23. The third-order valence-corrected chi connectivity index (χ3v) is 5.48. The van der Waals surface area contributed by atoms with E-state index in [0.29, 0.717) is 13.0 Å². The zero-order valence-corrected chi connectivity index (χ0v) is 11.2. The van der Waals surface area contributed by atoms with Gasteiger partial charge in [-0.05, 0) is 25.7 Å². The maximum atomic E-state index is 11.9. The van der Waals surface area contributed by atoms with Crippen molar-refractivity contribution < 1.29 is 13.2 Å². The van der Waals surface area contributed by atoms with Crippen LogP contribution in [0, 0.1) is 5.92 Å². The summed E-state index contributed by atoms with van der Waals surface area (Å²) >= 11 is 0. The average molecular weight is 260 g/mol. The monoisotopic (exact) mass is 260 g/mol. The van der Waals surface area contributed by atoms with Gasteiger partial charge in [0.25, 0.3) is 0 Å². The van der Waals surface area contributed by atoms with Crippen LogP contribution in [0.4, 0.5) is 0 Å². The zero-order chi connectivity index (χ0) is 12.6. The molecule has 1 amide bonds. The van der Waals surface area contributed by atoms with Gasteiger partial charge in [-0.2, -0.15) is 0 Å². The van der Waals surface area contributed by atoms with E-state index in [-0.39, 0.29) is 35.5 Å². The molecule has 2 aliphatic heterocycles. The minimum absolute atomic E-state index is 0.0702. The second kappa shape index (κ2) is 4.57. The minimum atomic E-state index is -2.85. The van der Waals surface area contributed by atoms with Gasteiger partial charge in [0.1, 0.15) is 0 Å². The Labute approximate surface area is 102 Å². The summed E-state index contributed by atoms with van der Waals surface area (Å²) in [6, 6.07) is -0.141. The molecule has 0 aromatic heterocycles. The third kappa shape index (κ3) is 2.63. The molecule has 2 saturated heterocycles. The van der Waals surface area contributed by atoms with Gasteiger partial charge in [0.05, 0.1) is 23.7 Å². The molecule has 0 spiro atoms. The molecule has 2 fully saturated rings. The number of nitrogens with zero attached hydrogens (tertiary/aromatic N) is 1. The van der Waals surface area contributed by atoms with Gasteiger partial charge in [0.2, 0.25) is 5.91 Å². The van der Waals surface area contributed by atoms with Crippen molar-refractivity contribution in [1.29, 1.82) is 0 Å². The van der Waals surface area contributed by atoms with Crippen molar-refractivity contribution in [2.75, 3.05) is 18.1 Å². The van der Waals surface area contributed by atoms with Crippen LogP contribution in [0.5, 0.6) is 0 Å². The van der Waals surface area contributed by atoms with Crippen LogP contribution in [0.15, 0.2) is 0 Å². The van der Waals surface area contributed by atoms with Gasteiger partial charge in [-0.25, -0.2) is 8.42 Å². The summed E-state index contributed by atoms with van der Waals surface area (Å²) in [6.45, 7) is 4.46. The predicted octanol–water partition coefficient (Wildman–Crippen LogP) is -0.0225. The molecule has 6 heteroatoms. The van der Waals surface area contributed by atoms with Gasteiger partial charge < -0.3 is 4.90 Å². The van der Waals surface area contributed by atoms with Crippen LogP contribution in [0.1, 0.15) is 26.7 Å². The number of amides is 1. The highest BCUT2D eigenvalue weighted by Gasteiger charge is 2.38. The van der Waals surface area contributed by atoms with Crippen LogP contribution >= 0.6 is 0 Å². The third-order valence-electron chi connectivity index (χ3n) is 3.64. The molecule has 17 heavy (non-hydrogen) atoms. The normalized spacial score (nSPS) is 36.7. The van der Waals surface area contributed by atoms with Crippen molar-refractivity contribution in [2.24, 2.45) is 5.92 Å². The van der Waals surface area contributed by atoms with Crippen molar-refractivity contribution in [2.45, 2.75) is 38.9 Å². The van der Waals surface area contributed by atoms with E-state index in [1.165, 1.54) is 0 Å². The lowest BCUT2D eigenvalue weighted by Gasteiger charge is -2.25. The zero-order valence-electron chi connectivity index (χ0n) is 10.3. The molecular weight excluding hydrogens is 240 g/mol. The molecule has 2 aliphatic rings. The Bertz CT molecular complexity index is 407. The molecule has 0 aromatic rings. The summed E-state index contributed by atoms with van der Waals surface area (Å²) in [7, 11) is -2.85. The fraction of sp³-hybridized carbons (Fsp3) is 0.909. The number of rotatable bonds is 3. The Morgan fingerprint density at radius 2 is 2.18 bits per heavy atom. The van der Waals surface area contributed by atoms with E-state index in [2.05, 4.69) is 5.32 Å². The standard InChI is InChI=1S/C11H20N2O3S/c1-3-10-12-8(2)11(14)13(10)6-9-4-5-17(15,16)7-9/h8-10,12H,3-7H2,1-2H3. The molecular formula is C11H20N2O3S. The summed E-state index contributed by atoms with van der Waals surface area (Å²) in [5, 5.41) is 3.22. The summed E-state index contributed by atoms with van der Waals surface area (Å²) in [5.74, 6) is 0.729. The predicted molar refractivity (Wildman–Crippen MR) is 65.2 cm³/mol. The highest BCUT2D eigenvalue weighted by atomic mass is 32.2. The quantitative estimate of drug-likeness (QED) is 0.774. The largest absolute Gasteiger partial charge is 0.326 e.